The van der Waals surface area contributed by atoms with Crippen molar-refractivity contribution in [3.8, 4) is 5.75 Å². The molecule has 6 heteroatoms. The number of fused-ring (bicyclic) bond motifs is 1. The summed E-state index contributed by atoms with van der Waals surface area (Å²) in [6.07, 6.45) is 5.05. The SMILES string of the molecule is CC1(NC(=O)OC(C)(C)C)CCN(C(=O)c2cc3c(cc2O)CCCC3)CC1. The van der Waals surface area contributed by atoms with E-state index in [0.29, 0.717) is 31.5 Å². The lowest BCUT2D eigenvalue weighted by atomic mass is 9.88. The second kappa shape index (κ2) is 7.64. The number of aryl methyl sites for hydroxylation is 2. The van der Waals surface area contributed by atoms with Gasteiger partial charge in [-0.15, -0.1) is 0 Å². The van der Waals surface area contributed by atoms with Crippen LogP contribution in [0.5, 0.6) is 5.75 Å². The lowest BCUT2D eigenvalue weighted by Crippen LogP contribution is -2.55. The number of aromatic hydroxyl groups is 1. The molecule has 0 spiro atoms. The summed E-state index contributed by atoms with van der Waals surface area (Å²) < 4.78 is 5.35. The van der Waals surface area contributed by atoms with Crippen molar-refractivity contribution in [2.24, 2.45) is 0 Å². The fourth-order valence-corrected chi connectivity index (χ4v) is 3.99. The van der Waals surface area contributed by atoms with Crippen LogP contribution in [0.2, 0.25) is 0 Å². The van der Waals surface area contributed by atoms with Crippen LogP contribution in [0.25, 0.3) is 0 Å². The van der Waals surface area contributed by atoms with E-state index in [0.717, 1.165) is 31.2 Å². The maximum absolute atomic E-state index is 13.0. The molecule has 0 radical (unpaired) electrons. The van der Waals surface area contributed by atoms with Gasteiger partial charge >= 0.3 is 6.09 Å². The number of amides is 2. The fraction of sp³-hybridized carbons (Fsp3) is 0.636. The van der Waals surface area contributed by atoms with Gasteiger partial charge in [-0.2, -0.15) is 0 Å². The zero-order valence-corrected chi connectivity index (χ0v) is 17.4. The smallest absolute Gasteiger partial charge is 0.408 e. The summed E-state index contributed by atoms with van der Waals surface area (Å²) in [5.41, 5.74) is 1.79. The van der Waals surface area contributed by atoms with Gasteiger partial charge in [-0.25, -0.2) is 4.79 Å². The van der Waals surface area contributed by atoms with Gasteiger partial charge in [0.05, 0.1) is 5.56 Å². The number of hydrogen-bond acceptors (Lipinski definition) is 4. The molecular formula is C22H32N2O4. The number of carbonyl (C=O) groups is 2. The molecule has 28 heavy (non-hydrogen) atoms. The highest BCUT2D eigenvalue weighted by Gasteiger charge is 2.35. The van der Waals surface area contributed by atoms with E-state index in [1.807, 2.05) is 33.8 Å². The molecule has 0 saturated carbocycles. The third kappa shape index (κ3) is 4.78. The molecule has 0 aromatic heterocycles. The molecule has 1 fully saturated rings. The Kier molecular flexibility index (Phi) is 5.60. The molecule has 6 nitrogen and oxygen atoms in total. The topological polar surface area (TPSA) is 78.9 Å². The number of rotatable bonds is 2. The van der Waals surface area contributed by atoms with Crippen LogP contribution in [0, 0.1) is 0 Å². The number of phenols is 1. The molecule has 1 heterocycles. The second-order valence-corrected chi connectivity index (χ2v) is 9.32. The molecule has 1 aromatic carbocycles. The van der Waals surface area contributed by atoms with Gasteiger partial charge in [0.15, 0.2) is 0 Å². The van der Waals surface area contributed by atoms with Crippen molar-refractivity contribution in [2.45, 2.75) is 77.4 Å². The largest absolute Gasteiger partial charge is 0.507 e. The van der Waals surface area contributed by atoms with Crippen molar-refractivity contribution in [1.29, 1.82) is 0 Å². The summed E-state index contributed by atoms with van der Waals surface area (Å²) in [6.45, 7) is 8.54. The average Bonchev–Trinajstić information content (AvgIpc) is 2.59. The van der Waals surface area contributed by atoms with Gasteiger partial charge in [0.2, 0.25) is 0 Å². The van der Waals surface area contributed by atoms with E-state index >= 15 is 0 Å². The minimum absolute atomic E-state index is 0.0749. The second-order valence-electron chi connectivity index (χ2n) is 9.32. The maximum Gasteiger partial charge on any atom is 0.408 e. The molecule has 3 rings (SSSR count). The van der Waals surface area contributed by atoms with Gasteiger partial charge in [0.25, 0.3) is 5.91 Å². The predicted molar refractivity (Wildman–Crippen MR) is 108 cm³/mol. The Hall–Kier alpha value is -2.24. The Bertz CT molecular complexity index is 759. The van der Waals surface area contributed by atoms with E-state index in [-0.39, 0.29) is 11.7 Å². The maximum atomic E-state index is 13.0. The van der Waals surface area contributed by atoms with Gasteiger partial charge < -0.3 is 20.1 Å². The number of nitrogens with one attached hydrogen (secondary N) is 1. The number of benzene rings is 1. The first-order chi connectivity index (χ1) is 13.1. The van der Waals surface area contributed by atoms with Crippen LogP contribution in [-0.4, -0.2) is 46.2 Å². The van der Waals surface area contributed by atoms with Crippen LogP contribution in [0.15, 0.2) is 12.1 Å². The van der Waals surface area contributed by atoms with Crippen molar-refractivity contribution in [1.82, 2.24) is 10.2 Å². The Morgan fingerprint density at radius 2 is 1.68 bits per heavy atom. The van der Waals surface area contributed by atoms with E-state index in [1.165, 1.54) is 5.56 Å². The minimum Gasteiger partial charge on any atom is -0.507 e. The molecule has 2 N–H and O–H groups in total. The van der Waals surface area contributed by atoms with Gasteiger partial charge in [-0.05, 0) is 89.5 Å². The third-order valence-corrected chi connectivity index (χ3v) is 5.65. The summed E-state index contributed by atoms with van der Waals surface area (Å²) in [7, 11) is 0. The Morgan fingerprint density at radius 3 is 2.25 bits per heavy atom. The van der Waals surface area contributed by atoms with Gasteiger partial charge in [-0.3, -0.25) is 4.79 Å². The lowest BCUT2D eigenvalue weighted by Gasteiger charge is -2.40. The van der Waals surface area contributed by atoms with Crippen LogP contribution in [0.3, 0.4) is 0 Å². The first-order valence-electron chi connectivity index (χ1n) is 10.2. The van der Waals surface area contributed by atoms with Gasteiger partial charge in [-0.1, -0.05) is 0 Å². The van der Waals surface area contributed by atoms with E-state index in [2.05, 4.69) is 5.32 Å². The molecule has 2 amide bonds. The van der Waals surface area contributed by atoms with E-state index < -0.39 is 17.2 Å². The van der Waals surface area contributed by atoms with Crippen molar-refractivity contribution >= 4 is 12.0 Å². The molecule has 0 atom stereocenters. The van der Waals surface area contributed by atoms with Crippen LogP contribution in [0.4, 0.5) is 4.79 Å². The zero-order valence-electron chi connectivity index (χ0n) is 17.4. The number of alkyl carbamates (subject to hydrolysis) is 1. The molecule has 1 aliphatic heterocycles. The lowest BCUT2D eigenvalue weighted by molar-refractivity contribution is 0.0396. The monoisotopic (exact) mass is 388 g/mol. The molecule has 0 bridgehead atoms. The van der Waals surface area contributed by atoms with E-state index in [1.54, 1.807) is 11.0 Å². The summed E-state index contributed by atoms with van der Waals surface area (Å²) in [5, 5.41) is 13.3. The highest BCUT2D eigenvalue weighted by molar-refractivity contribution is 5.97. The third-order valence-electron chi connectivity index (χ3n) is 5.65. The molecule has 1 aliphatic carbocycles. The summed E-state index contributed by atoms with van der Waals surface area (Å²) in [4.78, 5) is 26.9. The van der Waals surface area contributed by atoms with E-state index in [4.69, 9.17) is 4.74 Å². The highest BCUT2D eigenvalue weighted by atomic mass is 16.6. The Labute approximate surface area is 167 Å². The van der Waals surface area contributed by atoms with Crippen LogP contribution in [0.1, 0.15) is 74.9 Å². The molecule has 154 valence electrons. The molecule has 1 saturated heterocycles. The van der Waals surface area contributed by atoms with Crippen LogP contribution >= 0.6 is 0 Å². The zero-order chi connectivity index (χ0) is 20.5. The molecule has 1 aromatic rings. The number of hydrogen-bond donors (Lipinski definition) is 2. The molecular weight excluding hydrogens is 356 g/mol. The van der Waals surface area contributed by atoms with Crippen molar-refractivity contribution in [2.75, 3.05) is 13.1 Å². The summed E-state index contributed by atoms with van der Waals surface area (Å²) in [5.74, 6) is -0.0592. The quantitative estimate of drug-likeness (QED) is 0.808. The normalized spacial score (nSPS) is 18.9. The van der Waals surface area contributed by atoms with Crippen LogP contribution in [-0.2, 0) is 17.6 Å². The fourth-order valence-electron chi connectivity index (χ4n) is 3.99. The van der Waals surface area contributed by atoms with E-state index in [9.17, 15) is 14.7 Å². The van der Waals surface area contributed by atoms with Gasteiger partial charge in [0, 0.05) is 18.6 Å². The van der Waals surface area contributed by atoms with Gasteiger partial charge in [0.1, 0.15) is 11.4 Å². The molecule has 2 aliphatic rings. The summed E-state index contributed by atoms with van der Waals surface area (Å²) >= 11 is 0. The van der Waals surface area contributed by atoms with Crippen LogP contribution < -0.4 is 5.32 Å². The predicted octanol–water partition coefficient (Wildman–Crippen LogP) is 3.79. The minimum atomic E-state index is -0.541. The number of likely N-dealkylation sites (tertiary alicyclic amines) is 1. The molecule has 0 unspecified atom stereocenters. The average molecular weight is 389 g/mol. The highest BCUT2D eigenvalue weighted by Crippen LogP contribution is 2.31. The number of phenolic OH excluding ortho intramolecular Hbond substituents is 1. The number of carbonyl (C=O) groups excluding carboxylic acids is 2. The number of ether oxygens (including phenoxy) is 1. The van der Waals surface area contributed by atoms with Crippen molar-refractivity contribution in [3.63, 3.8) is 0 Å². The number of piperidine rings is 1. The Balaban J connectivity index is 1.63. The standard InChI is InChI=1S/C22H32N2O4/c1-21(2,3)28-20(27)23-22(4)9-11-24(12-10-22)19(26)17-13-15-7-5-6-8-16(15)14-18(17)25/h13-14,25H,5-12H2,1-4H3,(H,23,27). The Morgan fingerprint density at radius 1 is 1.11 bits per heavy atom. The van der Waals surface area contributed by atoms with Crippen molar-refractivity contribution in [3.05, 3.63) is 28.8 Å². The first kappa shape index (κ1) is 20.5. The van der Waals surface area contributed by atoms with Crippen molar-refractivity contribution < 1.29 is 19.4 Å². The summed E-state index contributed by atoms with van der Waals surface area (Å²) in [6, 6.07) is 3.64. The number of nitrogens with zero attached hydrogens (tertiary/aromatic N) is 1. The first-order valence-corrected chi connectivity index (χ1v) is 10.2.